The number of nitrogens with one attached hydrogen (secondary N) is 10. The number of aromatic nitrogens is 8. The number of likely N-dealkylation sites (N-methyl/N-ethyl adjacent to an activating group) is 1. The minimum atomic E-state index is -0.650. The van der Waals surface area contributed by atoms with Gasteiger partial charge in [-0.25, -0.2) is 19.2 Å². The quantitative estimate of drug-likeness (QED) is 0.124. The number of guanidine groups is 1. The highest BCUT2D eigenvalue weighted by Gasteiger charge is 2.18. The Morgan fingerprint density at radius 2 is 1.00 bits per heavy atom. The summed E-state index contributed by atoms with van der Waals surface area (Å²) in [6.45, 7) is 0.318. The average Bonchev–Trinajstić information content (AvgIpc) is 3.32. The van der Waals surface area contributed by atoms with Crippen LogP contribution in [-0.4, -0.2) is 70.2 Å². The van der Waals surface area contributed by atoms with E-state index < -0.39 is 33.9 Å². The Balaban J connectivity index is 0.000000139. The van der Waals surface area contributed by atoms with E-state index in [1.807, 2.05) is 9.97 Å². The predicted octanol–water partition coefficient (Wildman–Crippen LogP) is -4.55. The van der Waals surface area contributed by atoms with Crippen LogP contribution in [0.15, 0.2) is 28.8 Å². The van der Waals surface area contributed by atoms with Gasteiger partial charge < -0.3 is 4.90 Å². The van der Waals surface area contributed by atoms with Crippen LogP contribution in [0.3, 0.4) is 0 Å². The molecule has 0 unspecified atom stereocenters. The van der Waals surface area contributed by atoms with Gasteiger partial charge in [0.2, 0.25) is 5.91 Å². The van der Waals surface area contributed by atoms with Crippen molar-refractivity contribution in [3.63, 3.8) is 0 Å². The second-order valence-electron chi connectivity index (χ2n) is 6.23. The van der Waals surface area contributed by atoms with Crippen molar-refractivity contribution in [2.45, 2.75) is 0 Å². The lowest BCUT2D eigenvalue weighted by molar-refractivity contribution is -0.118. The number of fused-ring (bicyclic) bond motifs is 2. The summed E-state index contributed by atoms with van der Waals surface area (Å²) in [7, 11) is 1.69. The lowest BCUT2D eigenvalue weighted by Gasteiger charge is -2.03. The molecule has 0 aliphatic carbocycles. The summed E-state index contributed by atoms with van der Waals surface area (Å²) in [6.07, 6.45) is 0. The van der Waals surface area contributed by atoms with Crippen molar-refractivity contribution >= 4 is 34.2 Å². The molecule has 1 fully saturated rings. The number of nitrogens with zero attached hydrogens (tertiary/aromatic N) is 1. The van der Waals surface area contributed by atoms with Crippen molar-refractivity contribution in [2.24, 2.45) is 0 Å². The van der Waals surface area contributed by atoms with Gasteiger partial charge in [0, 0.05) is 7.05 Å². The minimum absolute atomic E-state index is 0.0413. The Kier molecular flexibility index (Phi) is 5.59. The van der Waals surface area contributed by atoms with Gasteiger partial charge in [0.15, 0.2) is 5.96 Å². The molecule has 4 aromatic heterocycles. The number of hydrogen-bond acceptors (Lipinski definition) is 8. The van der Waals surface area contributed by atoms with Gasteiger partial charge in [0.1, 0.15) is 22.3 Å². The Morgan fingerprint density at radius 3 is 1.28 bits per heavy atom. The molecule has 32 heavy (non-hydrogen) atoms. The van der Waals surface area contributed by atoms with Crippen LogP contribution in [0.5, 0.6) is 0 Å². The first-order valence-electron chi connectivity index (χ1n) is 8.52. The number of rotatable bonds is 0. The number of imidazole rings is 2. The lowest BCUT2D eigenvalue weighted by Crippen LogP contribution is -2.25. The molecule has 0 radical (unpaired) electrons. The van der Waals surface area contributed by atoms with Crippen molar-refractivity contribution in [1.82, 2.24) is 50.1 Å². The normalized spacial score (nSPS) is 12.8. The molecule has 168 valence electrons. The highest BCUT2D eigenvalue weighted by atomic mass is 16.2. The standard InChI is InChI=1S/2C5H4N4O3.C4H7N3O/c2*10-3-1-2(7-4(11)6-1)8-5(12)9-3;1-7-2-3(8)6-4(7)5/h2*(H4,6,7,8,9,10,11,12);2H2,1H3,(H2,5,6,8). The predicted molar refractivity (Wildman–Crippen MR) is 109 cm³/mol. The lowest BCUT2D eigenvalue weighted by atomic mass is 10.5. The molecule has 1 aliphatic rings. The van der Waals surface area contributed by atoms with Gasteiger partial charge >= 0.3 is 22.8 Å². The minimum Gasteiger partial charge on any atom is -0.337 e. The van der Waals surface area contributed by atoms with E-state index in [1.165, 1.54) is 0 Å². The van der Waals surface area contributed by atoms with Crippen LogP contribution in [0.25, 0.3) is 22.3 Å². The van der Waals surface area contributed by atoms with Crippen LogP contribution in [0.2, 0.25) is 0 Å². The van der Waals surface area contributed by atoms with Crippen molar-refractivity contribution in [3.05, 3.63) is 62.6 Å². The fourth-order valence-corrected chi connectivity index (χ4v) is 2.48. The van der Waals surface area contributed by atoms with Gasteiger partial charge in [0.25, 0.3) is 11.1 Å². The molecule has 18 heteroatoms. The third-order valence-corrected chi connectivity index (χ3v) is 3.86. The monoisotopic (exact) mass is 449 g/mol. The number of H-pyrrole nitrogens is 8. The Labute approximate surface area is 171 Å². The molecule has 10 N–H and O–H groups in total. The number of amides is 1. The first-order chi connectivity index (χ1) is 15.0. The summed E-state index contributed by atoms with van der Waals surface area (Å²) in [5.74, 6) is 0.0903. The maximum Gasteiger partial charge on any atom is 0.327 e. The molecule has 4 aromatic rings. The summed E-state index contributed by atoms with van der Waals surface area (Å²) < 4.78 is 0. The van der Waals surface area contributed by atoms with E-state index in [-0.39, 0.29) is 34.2 Å². The highest BCUT2D eigenvalue weighted by molar-refractivity contribution is 6.02. The first-order valence-corrected chi connectivity index (χ1v) is 8.52. The molecule has 1 amide bonds. The third-order valence-electron chi connectivity index (χ3n) is 3.86. The summed E-state index contributed by atoms with van der Waals surface area (Å²) in [6, 6.07) is 0. The smallest absolute Gasteiger partial charge is 0.327 e. The molecule has 5 rings (SSSR count). The zero-order valence-corrected chi connectivity index (χ0v) is 16.0. The molecule has 0 saturated carbocycles. The number of hydrogen-bond donors (Lipinski definition) is 10. The Morgan fingerprint density at radius 1 is 0.625 bits per heavy atom. The van der Waals surface area contributed by atoms with Crippen molar-refractivity contribution in [2.75, 3.05) is 13.6 Å². The fraction of sp³-hybridized carbons (Fsp3) is 0.143. The van der Waals surface area contributed by atoms with Gasteiger partial charge in [-0.15, -0.1) is 0 Å². The molecule has 0 atom stereocenters. The third kappa shape index (κ3) is 4.69. The molecular weight excluding hydrogens is 434 g/mol. The van der Waals surface area contributed by atoms with E-state index in [0.29, 0.717) is 6.54 Å². The fourth-order valence-electron chi connectivity index (χ4n) is 2.48. The maximum atomic E-state index is 10.9. The molecule has 0 bridgehead atoms. The number of carbonyl (C=O) groups excluding carboxylic acids is 1. The maximum absolute atomic E-state index is 10.9. The zero-order chi connectivity index (χ0) is 23.6. The SMILES string of the molecule is CN1CC(=O)NC1=N.O=c1[nH]c(=O)c2[nH]c(=O)[nH]c2[nH]1.O=c1[nH]c(=O)c2[nH]c(=O)[nH]c2[nH]1. The van der Waals surface area contributed by atoms with Crippen molar-refractivity contribution in [3.8, 4) is 0 Å². The summed E-state index contributed by atoms with van der Waals surface area (Å²) in [5, 5.41) is 9.32. The van der Waals surface area contributed by atoms with E-state index >= 15 is 0 Å². The number of aromatic amines is 8. The van der Waals surface area contributed by atoms with Gasteiger partial charge in [-0.3, -0.25) is 65.0 Å². The Bertz CT molecular complexity index is 1560. The van der Waals surface area contributed by atoms with Crippen LogP contribution < -0.4 is 39.2 Å². The van der Waals surface area contributed by atoms with Gasteiger partial charge in [-0.1, -0.05) is 0 Å². The van der Waals surface area contributed by atoms with Crippen LogP contribution in [0, 0.1) is 5.41 Å². The molecule has 1 aliphatic heterocycles. The average molecular weight is 449 g/mol. The van der Waals surface area contributed by atoms with E-state index in [1.54, 1.807) is 11.9 Å². The van der Waals surface area contributed by atoms with Crippen molar-refractivity contribution < 1.29 is 4.79 Å². The largest absolute Gasteiger partial charge is 0.337 e. The number of carbonyl (C=O) groups is 1. The van der Waals surface area contributed by atoms with Gasteiger partial charge in [-0.2, -0.15) is 0 Å². The molecule has 0 spiro atoms. The molecule has 5 heterocycles. The van der Waals surface area contributed by atoms with Gasteiger partial charge in [0.05, 0.1) is 6.54 Å². The topological polar surface area (TPSA) is 285 Å². The summed E-state index contributed by atoms with van der Waals surface area (Å²) in [5.41, 5.74) is -3.30. The van der Waals surface area contributed by atoms with E-state index in [0.717, 1.165) is 0 Å². The zero-order valence-electron chi connectivity index (χ0n) is 16.0. The molecular formula is C14H15N11O7. The molecule has 0 aromatic carbocycles. The summed E-state index contributed by atoms with van der Waals surface area (Å²) in [4.78, 5) is 93.9. The summed E-state index contributed by atoms with van der Waals surface area (Å²) >= 11 is 0. The second-order valence-corrected chi connectivity index (χ2v) is 6.23. The second kappa shape index (κ2) is 8.30. The molecule has 1 saturated heterocycles. The molecule has 18 nitrogen and oxygen atoms in total. The first kappa shape index (κ1) is 21.5. The van der Waals surface area contributed by atoms with Crippen LogP contribution in [-0.2, 0) is 4.79 Å². The van der Waals surface area contributed by atoms with Gasteiger partial charge in [-0.05, 0) is 0 Å². The van der Waals surface area contributed by atoms with Crippen molar-refractivity contribution in [1.29, 1.82) is 5.41 Å². The van der Waals surface area contributed by atoms with Crippen LogP contribution in [0.4, 0.5) is 0 Å². The van der Waals surface area contributed by atoms with Crippen LogP contribution >= 0.6 is 0 Å². The van der Waals surface area contributed by atoms with Crippen LogP contribution in [0.1, 0.15) is 0 Å². The van der Waals surface area contributed by atoms with E-state index in [2.05, 4.69) is 35.2 Å². The van der Waals surface area contributed by atoms with E-state index in [4.69, 9.17) is 5.41 Å². The highest BCUT2D eigenvalue weighted by Crippen LogP contribution is 1.90. The Hall–Kier alpha value is -5.16. The van der Waals surface area contributed by atoms with E-state index in [9.17, 15) is 33.6 Å².